The number of hydrogen-bond acceptors (Lipinski definition) is 4. The van der Waals surface area contributed by atoms with Gasteiger partial charge in [-0.15, -0.1) is 11.3 Å². The van der Waals surface area contributed by atoms with E-state index < -0.39 is 0 Å². The number of aromatic nitrogens is 2. The average molecular weight is 355 g/mol. The van der Waals surface area contributed by atoms with Crippen molar-refractivity contribution in [2.45, 2.75) is 30.6 Å². The lowest BCUT2D eigenvalue weighted by Crippen LogP contribution is -2.35. The van der Waals surface area contributed by atoms with Crippen LogP contribution in [-0.4, -0.2) is 46.5 Å². The van der Waals surface area contributed by atoms with E-state index in [0.29, 0.717) is 0 Å². The van der Waals surface area contributed by atoms with E-state index >= 15 is 0 Å². The summed E-state index contributed by atoms with van der Waals surface area (Å²) in [5.74, 6) is 1.19. The number of thiazole rings is 1. The smallest absolute Gasteiger partial charge is 0.195 e. The second-order valence-electron chi connectivity index (χ2n) is 5.70. The molecule has 4 rings (SSSR count). The molecule has 0 radical (unpaired) electrons. The zero-order chi connectivity index (χ0) is 13.5. The molecular weight excluding hydrogens is 336 g/mol. The average Bonchev–Trinajstić information content (AvgIpc) is 3.21. The van der Waals surface area contributed by atoms with Crippen molar-refractivity contribution in [2.75, 3.05) is 31.1 Å². The van der Waals surface area contributed by atoms with Crippen LogP contribution in [0.2, 0.25) is 0 Å². The van der Waals surface area contributed by atoms with E-state index in [4.69, 9.17) is 4.98 Å². The molecule has 6 heteroatoms. The monoisotopic (exact) mass is 354 g/mol. The lowest BCUT2D eigenvalue weighted by molar-refractivity contribution is 0.260. The molecular formula is C14H19BrN4S. The number of likely N-dealkylation sites (tertiary alicyclic amines) is 1. The molecule has 0 saturated carbocycles. The number of imidazole rings is 1. The Hall–Kier alpha value is -0.590. The first-order valence-corrected chi connectivity index (χ1v) is 9.36. The minimum Gasteiger partial charge on any atom is -0.353 e. The zero-order valence-electron chi connectivity index (χ0n) is 11.5. The van der Waals surface area contributed by atoms with E-state index in [9.17, 15) is 0 Å². The normalized spacial score (nSPS) is 24.2. The maximum absolute atomic E-state index is 4.85. The third-order valence-electron chi connectivity index (χ3n) is 4.59. The van der Waals surface area contributed by atoms with Crippen molar-refractivity contribution in [3.05, 3.63) is 17.3 Å². The largest absolute Gasteiger partial charge is 0.353 e. The summed E-state index contributed by atoms with van der Waals surface area (Å²) in [5.41, 5.74) is 1.29. The number of anilines is 1. The first-order valence-electron chi connectivity index (χ1n) is 7.36. The van der Waals surface area contributed by atoms with Gasteiger partial charge in [0.2, 0.25) is 0 Å². The van der Waals surface area contributed by atoms with Crippen molar-refractivity contribution in [3.63, 3.8) is 0 Å². The highest BCUT2D eigenvalue weighted by molar-refractivity contribution is 9.08. The Morgan fingerprint density at radius 3 is 2.95 bits per heavy atom. The van der Waals surface area contributed by atoms with Crippen molar-refractivity contribution < 1.29 is 0 Å². The molecule has 1 atom stereocenters. The van der Waals surface area contributed by atoms with Crippen molar-refractivity contribution in [1.82, 2.24) is 14.3 Å². The van der Waals surface area contributed by atoms with Crippen molar-refractivity contribution in [3.8, 4) is 0 Å². The van der Waals surface area contributed by atoms with Crippen molar-refractivity contribution in [1.29, 1.82) is 0 Å². The molecule has 20 heavy (non-hydrogen) atoms. The van der Waals surface area contributed by atoms with Crippen LogP contribution in [0.5, 0.6) is 0 Å². The Labute approximate surface area is 131 Å². The molecule has 0 spiro atoms. The molecule has 4 heterocycles. The molecule has 108 valence electrons. The van der Waals surface area contributed by atoms with Gasteiger partial charge in [0.05, 0.1) is 5.69 Å². The molecule has 4 nitrogen and oxygen atoms in total. The number of rotatable bonds is 3. The fourth-order valence-corrected chi connectivity index (χ4v) is 4.79. The lowest BCUT2D eigenvalue weighted by Gasteiger charge is -2.24. The van der Waals surface area contributed by atoms with Crippen LogP contribution in [-0.2, 0) is 5.33 Å². The molecule has 2 aliphatic rings. The van der Waals surface area contributed by atoms with Crippen LogP contribution in [0.4, 0.5) is 5.82 Å². The topological polar surface area (TPSA) is 23.8 Å². The van der Waals surface area contributed by atoms with Gasteiger partial charge in [0.15, 0.2) is 10.8 Å². The third kappa shape index (κ3) is 2.09. The number of fused-ring (bicyclic) bond motifs is 1. The third-order valence-corrected chi connectivity index (χ3v) is 5.87. The number of hydrogen-bond donors (Lipinski definition) is 0. The van der Waals surface area contributed by atoms with Crippen LogP contribution < -0.4 is 4.90 Å². The van der Waals surface area contributed by atoms with Crippen molar-refractivity contribution in [2.24, 2.45) is 0 Å². The van der Waals surface area contributed by atoms with Gasteiger partial charge in [-0.2, -0.15) is 0 Å². The fourth-order valence-electron chi connectivity index (χ4n) is 3.54. The minimum absolute atomic E-state index is 0.736. The summed E-state index contributed by atoms with van der Waals surface area (Å²) in [6.07, 6.45) is 6.17. The summed E-state index contributed by atoms with van der Waals surface area (Å²) in [5, 5.41) is 2.97. The molecule has 0 amide bonds. The standard InChI is InChI=1S/C14H19BrN4S/c15-9-12-13(16-14-19(12)7-8-20-14)18-6-3-11(10-18)17-4-1-2-5-17/h7-8,11H,1-6,9-10H2. The van der Waals surface area contributed by atoms with Gasteiger partial charge >= 0.3 is 0 Å². The highest BCUT2D eigenvalue weighted by Crippen LogP contribution is 2.30. The summed E-state index contributed by atoms with van der Waals surface area (Å²) in [6, 6.07) is 0.736. The number of halogens is 1. The number of nitrogens with zero attached hydrogens (tertiary/aromatic N) is 4. The molecule has 0 bridgehead atoms. The fraction of sp³-hybridized carbons (Fsp3) is 0.643. The Morgan fingerprint density at radius 1 is 1.30 bits per heavy atom. The lowest BCUT2D eigenvalue weighted by atomic mass is 10.2. The molecule has 2 aliphatic heterocycles. The molecule has 0 N–H and O–H groups in total. The van der Waals surface area contributed by atoms with Gasteiger partial charge in [-0.1, -0.05) is 15.9 Å². The minimum atomic E-state index is 0.736. The van der Waals surface area contributed by atoms with Gasteiger partial charge in [0.25, 0.3) is 0 Å². The molecule has 2 saturated heterocycles. The van der Waals surface area contributed by atoms with E-state index in [0.717, 1.165) is 29.4 Å². The maximum Gasteiger partial charge on any atom is 0.195 e. The van der Waals surface area contributed by atoms with Gasteiger partial charge in [-0.3, -0.25) is 9.30 Å². The molecule has 0 aliphatic carbocycles. The second-order valence-corrected chi connectivity index (χ2v) is 7.14. The molecule has 1 unspecified atom stereocenters. The van der Waals surface area contributed by atoms with E-state index in [-0.39, 0.29) is 0 Å². The second kappa shape index (κ2) is 5.31. The van der Waals surface area contributed by atoms with E-state index in [1.165, 1.54) is 43.9 Å². The van der Waals surface area contributed by atoms with Gasteiger partial charge in [0.1, 0.15) is 0 Å². The van der Waals surface area contributed by atoms with E-state index in [1.807, 2.05) is 0 Å². The summed E-state index contributed by atoms with van der Waals surface area (Å²) >= 11 is 5.35. The molecule has 0 aromatic carbocycles. The van der Waals surface area contributed by atoms with Gasteiger partial charge < -0.3 is 4.90 Å². The molecule has 2 fully saturated rings. The summed E-state index contributed by atoms with van der Waals surface area (Å²) in [4.78, 5) is 11.1. The first-order chi connectivity index (χ1) is 9.86. The highest BCUT2D eigenvalue weighted by atomic mass is 79.9. The van der Waals surface area contributed by atoms with Crippen molar-refractivity contribution >= 4 is 38.0 Å². The van der Waals surface area contributed by atoms with E-state index in [2.05, 4.69) is 41.7 Å². The Morgan fingerprint density at radius 2 is 2.15 bits per heavy atom. The van der Waals surface area contributed by atoms with E-state index in [1.54, 1.807) is 11.3 Å². The first kappa shape index (κ1) is 13.1. The van der Waals surface area contributed by atoms with Gasteiger partial charge in [0, 0.05) is 36.0 Å². The predicted octanol–water partition coefficient (Wildman–Crippen LogP) is 2.97. The van der Waals surface area contributed by atoms with Crippen LogP contribution in [0.3, 0.4) is 0 Å². The van der Waals surface area contributed by atoms with Gasteiger partial charge in [-0.05, 0) is 32.4 Å². The quantitative estimate of drug-likeness (QED) is 0.791. The highest BCUT2D eigenvalue weighted by Gasteiger charge is 2.31. The Bertz CT molecular complexity index is 601. The maximum atomic E-state index is 4.85. The molecule has 2 aromatic rings. The zero-order valence-corrected chi connectivity index (χ0v) is 13.9. The summed E-state index contributed by atoms with van der Waals surface area (Å²) in [7, 11) is 0. The summed E-state index contributed by atoms with van der Waals surface area (Å²) in [6.45, 7) is 4.88. The van der Waals surface area contributed by atoms with Crippen LogP contribution in [0.1, 0.15) is 25.0 Å². The van der Waals surface area contributed by atoms with Crippen LogP contribution >= 0.6 is 27.3 Å². The predicted molar refractivity (Wildman–Crippen MR) is 87.1 cm³/mol. The summed E-state index contributed by atoms with van der Waals surface area (Å²) < 4.78 is 2.22. The van der Waals surface area contributed by atoms with Gasteiger partial charge in [-0.25, -0.2) is 4.98 Å². The number of alkyl halides is 1. The van der Waals surface area contributed by atoms with Crippen LogP contribution in [0.25, 0.3) is 4.96 Å². The Balaban J connectivity index is 1.58. The Kier molecular flexibility index (Phi) is 3.48. The van der Waals surface area contributed by atoms with Crippen LogP contribution in [0, 0.1) is 0 Å². The van der Waals surface area contributed by atoms with Crippen LogP contribution in [0.15, 0.2) is 11.6 Å². The molecule has 2 aromatic heterocycles. The SMILES string of the molecule is BrCc1c(N2CCC(N3CCCC3)C2)nc2sccn12.